The molecule has 0 saturated carbocycles. The van der Waals surface area contributed by atoms with Crippen molar-refractivity contribution < 1.29 is 13.2 Å². The first-order chi connectivity index (χ1) is 6.95. The molecule has 4 nitrogen and oxygen atoms in total. The van der Waals surface area contributed by atoms with Crippen LogP contribution in [0.25, 0.3) is 0 Å². The highest BCUT2D eigenvalue weighted by Crippen LogP contribution is 2.13. The molecule has 0 heterocycles. The molecule has 0 aromatic heterocycles. The van der Waals surface area contributed by atoms with Gasteiger partial charge in [-0.05, 0) is 24.3 Å². The monoisotopic (exact) mass is 227 g/mol. The minimum absolute atomic E-state index is 0.0864. The molecule has 0 aliphatic heterocycles. The van der Waals surface area contributed by atoms with E-state index in [-0.39, 0.29) is 4.90 Å². The maximum atomic E-state index is 10.8. The van der Waals surface area contributed by atoms with E-state index in [4.69, 9.17) is 9.88 Å². The zero-order valence-electron chi connectivity index (χ0n) is 8.43. The largest absolute Gasteiger partial charge is 0.497 e. The molecular weight excluding hydrogens is 214 g/mol. The van der Waals surface area contributed by atoms with E-state index in [0.29, 0.717) is 5.75 Å². The van der Waals surface area contributed by atoms with Crippen molar-refractivity contribution in [2.24, 2.45) is 5.14 Å². The van der Waals surface area contributed by atoms with Gasteiger partial charge in [-0.15, -0.1) is 5.73 Å². The lowest BCUT2D eigenvalue weighted by Gasteiger charge is -2.00. The summed E-state index contributed by atoms with van der Waals surface area (Å²) in [4.78, 5) is 0.0864. The second-order valence-corrected chi connectivity index (χ2v) is 4.03. The van der Waals surface area contributed by atoms with E-state index in [0.717, 1.165) is 0 Å². The highest BCUT2D eigenvalue weighted by molar-refractivity contribution is 7.89. The highest BCUT2D eigenvalue weighted by Gasteiger charge is 2.05. The fourth-order valence-electron chi connectivity index (χ4n) is 0.765. The van der Waals surface area contributed by atoms with Gasteiger partial charge in [0.1, 0.15) is 5.75 Å². The standard InChI is InChI=1S/C7H9NO3S.C3H4/c1-11-6-2-4-7(5-3-6)12(8,9)10;1-3-2/h2-5H,1H3,(H2,8,9,10);1-2H2. The summed E-state index contributed by atoms with van der Waals surface area (Å²) < 4.78 is 26.4. The van der Waals surface area contributed by atoms with E-state index in [1.165, 1.54) is 19.2 Å². The number of hydrogen-bond donors (Lipinski definition) is 1. The first-order valence-corrected chi connectivity index (χ1v) is 5.46. The Morgan fingerprint density at radius 2 is 1.67 bits per heavy atom. The number of methoxy groups -OCH3 is 1. The number of ether oxygens (including phenoxy) is 1. The van der Waals surface area contributed by atoms with E-state index in [9.17, 15) is 8.42 Å². The van der Waals surface area contributed by atoms with Gasteiger partial charge in [-0.2, -0.15) is 0 Å². The predicted octanol–water partition coefficient (Wildman–Crippen LogP) is 1.30. The Morgan fingerprint density at radius 1 is 1.27 bits per heavy atom. The van der Waals surface area contributed by atoms with E-state index < -0.39 is 10.0 Å². The summed E-state index contributed by atoms with van der Waals surface area (Å²) in [5.74, 6) is 0.599. The second kappa shape index (κ2) is 6.03. The molecule has 0 saturated heterocycles. The fourth-order valence-corrected chi connectivity index (χ4v) is 1.28. The molecular formula is C10H13NO3S. The van der Waals surface area contributed by atoms with Crippen molar-refractivity contribution in [2.45, 2.75) is 4.90 Å². The van der Waals surface area contributed by atoms with Gasteiger partial charge >= 0.3 is 0 Å². The molecule has 0 aliphatic carbocycles. The average Bonchev–Trinajstić information content (AvgIpc) is 2.18. The maximum Gasteiger partial charge on any atom is 0.238 e. The Kier molecular flexibility index (Phi) is 5.41. The molecule has 15 heavy (non-hydrogen) atoms. The third kappa shape index (κ3) is 5.02. The minimum Gasteiger partial charge on any atom is -0.497 e. The maximum absolute atomic E-state index is 10.8. The summed E-state index contributed by atoms with van der Waals surface area (Å²) in [6.07, 6.45) is 0. The molecule has 0 bridgehead atoms. The first-order valence-electron chi connectivity index (χ1n) is 3.91. The van der Waals surface area contributed by atoms with Crippen LogP contribution in [0.1, 0.15) is 0 Å². The number of benzene rings is 1. The molecule has 0 spiro atoms. The molecule has 1 rings (SSSR count). The SMILES string of the molecule is C=C=C.COc1ccc(S(N)(=O)=O)cc1. The van der Waals surface area contributed by atoms with Crippen LogP contribution in [0.2, 0.25) is 0 Å². The third-order valence-corrected chi connectivity index (χ3v) is 2.32. The molecule has 0 unspecified atom stereocenters. The van der Waals surface area contributed by atoms with Gasteiger partial charge in [-0.3, -0.25) is 0 Å². The van der Waals surface area contributed by atoms with Crippen LogP contribution >= 0.6 is 0 Å². The van der Waals surface area contributed by atoms with Crippen LogP contribution in [-0.4, -0.2) is 15.5 Å². The van der Waals surface area contributed by atoms with Crippen molar-refractivity contribution in [2.75, 3.05) is 7.11 Å². The zero-order chi connectivity index (χ0) is 11.9. The van der Waals surface area contributed by atoms with Crippen molar-refractivity contribution in [3.8, 4) is 5.75 Å². The van der Waals surface area contributed by atoms with Crippen LogP contribution in [0.15, 0.2) is 48.1 Å². The summed E-state index contributed by atoms with van der Waals surface area (Å²) in [6.45, 7) is 6.25. The Morgan fingerprint density at radius 3 is 1.93 bits per heavy atom. The number of rotatable bonds is 2. The van der Waals surface area contributed by atoms with Crippen molar-refractivity contribution in [3.05, 3.63) is 43.2 Å². The van der Waals surface area contributed by atoms with Gasteiger partial charge in [0.15, 0.2) is 0 Å². The second-order valence-electron chi connectivity index (χ2n) is 2.47. The molecule has 0 aliphatic rings. The van der Waals surface area contributed by atoms with E-state index in [1.54, 1.807) is 12.1 Å². The highest BCUT2D eigenvalue weighted by atomic mass is 32.2. The molecule has 0 atom stereocenters. The predicted molar refractivity (Wildman–Crippen MR) is 59.1 cm³/mol. The van der Waals surface area contributed by atoms with Gasteiger partial charge in [0.25, 0.3) is 0 Å². The van der Waals surface area contributed by atoms with Crippen LogP contribution in [-0.2, 0) is 10.0 Å². The number of primary sulfonamides is 1. The van der Waals surface area contributed by atoms with Gasteiger partial charge in [0.2, 0.25) is 10.0 Å². The molecule has 0 fully saturated rings. The Labute approximate surface area is 89.7 Å². The van der Waals surface area contributed by atoms with Crippen molar-refractivity contribution in [3.63, 3.8) is 0 Å². The lowest BCUT2D eigenvalue weighted by Crippen LogP contribution is -2.11. The van der Waals surface area contributed by atoms with Gasteiger partial charge in [0.05, 0.1) is 12.0 Å². The summed E-state index contributed by atoms with van der Waals surface area (Å²) >= 11 is 0. The quantitative estimate of drug-likeness (QED) is 0.774. The van der Waals surface area contributed by atoms with Crippen LogP contribution in [0.4, 0.5) is 0 Å². The summed E-state index contributed by atoms with van der Waals surface area (Å²) in [7, 11) is -2.08. The normalized spacial score (nSPS) is 9.47. The summed E-state index contributed by atoms with van der Waals surface area (Å²) in [5, 5.41) is 4.88. The molecule has 5 heteroatoms. The van der Waals surface area contributed by atoms with Gasteiger partial charge in [-0.25, -0.2) is 13.6 Å². The van der Waals surface area contributed by atoms with Crippen LogP contribution in [0.3, 0.4) is 0 Å². The average molecular weight is 227 g/mol. The number of nitrogens with two attached hydrogens (primary N) is 1. The molecule has 1 aromatic rings. The van der Waals surface area contributed by atoms with Crippen molar-refractivity contribution >= 4 is 10.0 Å². The van der Waals surface area contributed by atoms with Crippen LogP contribution in [0.5, 0.6) is 5.75 Å². The summed E-state index contributed by atoms with van der Waals surface area (Å²) in [6, 6.07) is 5.88. The molecule has 82 valence electrons. The third-order valence-electron chi connectivity index (χ3n) is 1.39. The molecule has 1 aromatic carbocycles. The lowest BCUT2D eigenvalue weighted by atomic mass is 10.3. The topological polar surface area (TPSA) is 69.4 Å². The van der Waals surface area contributed by atoms with Gasteiger partial charge < -0.3 is 4.74 Å². The van der Waals surface area contributed by atoms with E-state index in [2.05, 4.69) is 18.9 Å². The minimum atomic E-state index is -3.58. The van der Waals surface area contributed by atoms with Gasteiger partial charge in [-0.1, -0.05) is 13.2 Å². The number of sulfonamides is 1. The number of hydrogen-bond acceptors (Lipinski definition) is 3. The Bertz CT molecular complexity index is 428. The Hall–Kier alpha value is -1.55. The zero-order valence-corrected chi connectivity index (χ0v) is 9.25. The van der Waals surface area contributed by atoms with E-state index in [1.807, 2.05) is 0 Å². The molecule has 0 radical (unpaired) electrons. The van der Waals surface area contributed by atoms with Gasteiger partial charge in [0, 0.05) is 0 Å². The summed E-state index contributed by atoms with van der Waals surface area (Å²) in [5.41, 5.74) is 2.25. The van der Waals surface area contributed by atoms with E-state index >= 15 is 0 Å². The van der Waals surface area contributed by atoms with Crippen LogP contribution in [0, 0.1) is 0 Å². The Balaban J connectivity index is 0.000000583. The molecule has 0 amide bonds. The smallest absolute Gasteiger partial charge is 0.238 e. The fraction of sp³-hybridized carbons (Fsp3) is 0.100. The lowest BCUT2D eigenvalue weighted by molar-refractivity contribution is 0.414. The van der Waals surface area contributed by atoms with Crippen LogP contribution < -0.4 is 9.88 Å². The van der Waals surface area contributed by atoms with Crippen molar-refractivity contribution in [1.82, 2.24) is 0 Å². The first kappa shape index (κ1) is 13.4. The van der Waals surface area contributed by atoms with Crippen molar-refractivity contribution in [1.29, 1.82) is 0 Å². The molecule has 2 N–H and O–H groups in total.